The fourth-order valence-corrected chi connectivity index (χ4v) is 5.72. The fraction of sp³-hybridized carbons (Fsp3) is 0.345. The van der Waals surface area contributed by atoms with Gasteiger partial charge in [-0.05, 0) is 62.9 Å². The number of phenols is 1. The van der Waals surface area contributed by atoms with Crippen LogP contribution in [0.5, 0.6) is 5.75 Å². The van der Waals surface area contributed by atoms with Crippen LogP contribution in [0.25, 0.3) is 0 Å². The topological polar surface area (TPSA) is 37.3 Å². The summed E-state index contributed by atoms with van der Waals surface area (Å²) in [6.07, 6.45) is 0.969. The number of aromatic hydroxyl groups is 1. The number of thioether (sulfide) groups is 1. The van der Waals surface area contributed by atoms with Crippen LogP contribution in [0.1, 0.15) is 69.4 Å². The van der Waals surface area contributed by atoms with E-state index in [0.717, 1.165) is 38.6 Å². The predicted octanol–water partition coefficient (Wildman–Crippen LogP) is 7.97. The van der Waals surface area contributed by atoms with Gasteiger partial charge in [0.25, 0.3) is 0 Å². The van der Waals surface area contributed by atoms with Gasteiger partial charge in [-0.15, -0.1) is 11.8 Å². The summed E-state index contributed by atoms with van der Waals surface area (Å²) in [4.78, 5) is 11.6. The third kappa shape index (κ3) is 5.22. The first kappa shape index (κ1) is 25.6. The van der Waals surface area contributed by atoms with Crippen molar-refractivity contribution in [1.29, 1.82) is 0 Å². The second-order valence-corrected chi connectivity index (χ2v) is 12.6. The Morgan fingerprint density at radius 3 is 1.73 bits per heavy atom. The number of phenolic OH excluding ortho intramolecular Hbond substituents is 1. The van der Waals surface area contributed by atoms with Crippen LogP contribution in [0, 0.1) is 0 Å². The Labute approximate surface area is 211 Å². The molecule has 174 valence electrons. The Bertz CT molecular complexity index is 1070. The maximum atomic E-state index is 11.6. The van der Waals surface area contributed by atoms with Crippen LogP contribution in [0.15, 0.2) is 71.2 Å². The van der Waals surface area contributed by atoms with E-state index in [9.17, 15) is 9.90 Å². The monoisotopic (exact) mass is 525 g/mol. The van der Waals surface area contributed by atoms with Crippen LogP contribution < -0.4 is 0 Å². The SMILES string of the molecule is CC(C)(C)c1cc(C(SC[13CH]=O)(c2ccccc2)c2ccc(Br)cc2)cc(C(C)(C)C)c1O. The van der Waals surface area contributed by atoms with Gasteiger partial charge < -0.3 is 9.90 Å². The molecule has 0 aliphatic rings. The number of carbonyl (C=O) groups excluding carboxylic acids is 1. The van der Waals surface area contributed by atoms with Crippen molar-refractivity contribution in [3.8, 4) is 5.75 Å². The average Bonchev–Trinajstić information content (AvgIpc) is 2.75. The molecule has 0 amide bonds. The van der Waals surface area contributed by atoms with Gasteiger partial charge in [-0.2, -0.15) is 0 Å². The van der Waals surface area contributed by atoms with Gasteiger partial charge in [0.2, 0.25) is 0 Å². The average molecular weight is 527 g/mol. The normalized spacial score (nSPS) is 14.0. The Hall–Kier alpha value is -2.04. The minimum Gasteiger partial charge on any atom is -0.507 e. The van der Waals surface area contributed by atoms with Crippen LogP contribution in [-0.2, 0) is 20.4 Å². The van der Waals surface area contributed by atoms with E-state index in [1.54, 1.807) is 11.8 Å². The molecule has 33 heavy (non-hydrogen) atoms. The molecule has 3 aromatic carbocycles. The van der Waals surface area contributed by atoms with Gasteiger partial charge in [-0.1, -0.05) is 99.9 Å². The predicted molar refractivity (Wildman–Crippen MR) is 144 cm³/mol. The van der Waals surface area contributed by atoms with Crippen LogP contribution in [0.3, 0.4) is 0 Å². The lowest BCUT2D eigenvalue weighted by Gasteiger charge is -2.38. The molecular formula is C29H33BrO2S. The van der Waals surface area contributed by atoms with Crippen molar-refractivity contribution in [3.05, 3.63) is 99.0 Å². The first-order valence-corrected chi connectivity index (χ1v) is 13.0. The van der Waals surface area contributed by atoms with Crippen LogP contribution in [0.4, 0.5) is 0 Å². The van der Waals surface area contributed by atoms with Crippen LogP contribution in [0.2, 0.25) is 0 Å². The number of rotatable bonds is 6. The number of halogens is 1. The molecule has 0 bridgehead atoms. The molecule has 0 heterocycles. The quantitative estimate of drug-likeness (QED) is 0.201. The standard InChI is InChI=1S/C29H33BrO2S/c1-27(2,3)24-18-22(19-25(26(24)32)28(4,5)6)29(33-17-16-31,20-10-8-7-9-11-20)21-12-14-23(30)15-13-21/h7-16,18-19,32H,17H2,1-6H3/i16+1. The minimum atomic E-state index is -0.615. The van der Waals surface area contributed by atoms with Gasteiger partial charge in [0, 0.05) is 4.47 Å². The van der Waals surface area contributed by atoms with E-state index in [2.05, 4.69) is 93.9 Å². The summed E-state index contributed by atoms with van der Waals surface area (Å²) in [6, 6.07) is 23.0. The summed E-state index contributed by atoms with van der Waals surface area (Å²) in [6.45, 7) is 12.8. The largest absolute Gasteiger partial charge is 0.507 e. The number of aldehydes is 1. The Morgan fingerprint density at radius 2 is 1.27 bits per heavy atom. The lowest BCUT2D eigenvalue weighted by atomic mass is 9.74. The molecule has 0 radical (unpaired) electrons. The van der Waals surface area contributed by atoms with E-state index >= 15 is 0 Å². The molecule has 0 aliphatic heterocycles. The summed E-state index contributed by atoms with van der Waals surface area (Å²) in [5, 5.41) is 11.3. The van der Waals surface area contributed by atoms with Crippen molar-refractivity contribution < 1.29 is 9.90 Å². The van der Waals surface area contributed by atoms with E-state index in [0.29, 0.717) is 11.5 Å². The summed E-state index contributed by atoms with van der Waals surface area (Å²) in [7, 11) is 0. The molecule has 0 spiro atoms. The van der Waals surface area contributed by atoms with Crippen LogP contribution >= 0.6 is 27.7 Å². The van der Waals surface area contributed by atoms with E-state index < -0.39 is 4.75 Å². The van der Waals surface area contributed by atoms with Crippen LogP contribution in [-0.4, -0.2) is 17.1 Å². The summed E-state index contributed by atoms with van der Waals surface area (Å²) in [5.74, 6) is 0.707. The first-order valence-electron chi connectivity index (χ1n) is 11.2. The summed E-state index contributed by atoms with van der Waals surface area (Å²) >= 11 is 5.18. The minimum absolute atomic E-state index is 0.252. The van der Waals surface area contributed by atoms with Crippen molar-refractivity contribution >= 4 is 34.0 Å². The number of benzene rings is 3. The number of hydrogen-bond donors (Lipinski definition) is 1. The Kier molecular flexibility index (Phi) is 7.50. The molecule has 0 fully saturated rings. The Morgan fingerprint density at radius 1 is 0.788 bits per heavy atom. The summed E-state index contributed by atoms with van der Waals surface area (Å²) < 4.78 is 0.390. The van der Waals surface area contributed by atoms with Gasteiger partial charge >= 0.3 is 0 Å². The van der Waals surface area contributed by atoms with Gasteiger partial charge in [-0.25, -0.2) is 0 Å². The van der Waals surface area contributed by atoms with Crippen molar-refractivity contribution in [2.75, 3.05) is 5.75 Å². The zero-order valence-corrected chi connectivity index (χ0v) is 22.7. The van der Waals surface area contributed by atoms with Crippen molar-refractivity contribution in [1.82, 2.24) is 0 Å². The molecule has 0 aromatic heterocycles. The number of carbonyl (C=O) groups is 1. The number of hydrogen-bond acceptors (Lipinski definition) is 3. The van der Waals surface area contributed by atoms with Gasteiger partial charge in [0.15, 0.2) is 0 Å². The molecule has 3 rings (SSSR count). The molecule has 1 N–H and O–H groups in total. The lowest BCUT2D eigenvalue weighted by Crippen LogP contribution is -2.28. The molecule has 1 atom stereocenters. The molecule has 0 aliphatic carbocycles. The van der Waals surface area contributed by atoms with Crippen molar-refractivity contribution in [3.63, 3.8) is 0 Å². The van der Waals surface area contributed by atoms with E-state index in [4.69, 9.17) is 0 Å². The second-order valence-electron chi connectivity index (χ2n) is 10.5. The second kappa shape index (κ2) is 9.68. The molecule has 4 heteroatoms. The maximum Gasteiger partial charge on any atom is 0.129 e. The van der Waals surface area contributed by atoms with Gasteiger partial charge in [0.05, 0.1) is 10.5 Å². The lowest BCUT2D eigenvalue weighted by molar-refractivity contribution is -0.105. The van der Waals surface area contributed by atoms with Gasteiger partial charge in [0.1, 0.15) is 12.0 Å². The zero-order chi connectivity index (χ0) is 24.4. The third-order valence-corrected chi connectivity index (χ3v) is 7.90. The van der Waals surface area contributed by atoms with E-state index in [1.165, 1.54) is 0 Å². The summed E-state index contributed by atoms with van der Waals surface area (Å²) in [5.41, 5.74) is 4.58. The van der Waals surface area contributed by atoms with E-state index in [1.807, 2.05) is 30.3 Å². The molecule has 0 saturated heterocycles. The molecule has 0 saturated carbocycles. The highest BCUT2D eigenvalue weighted by atomic mass is 79.9. The highest BCUT2D eigenvalue weighted by molar-refractivity contribution is 9.10. The van der Waals surface area contributed by atoms with E-state index in [-0.39, 0.29) is 10.8 Å². The maximum absolute atomic E-state index is 11.6. The highest BCUT2D eigenvalue weighted by Crippen LogP contribution is 2.51. The molecule has 1 unspecified atom stereocenters. The molecular weight excluding hydrogens is 493 g/mol. The fourth-order valence-electron chi connectivity index (χ4n) is 4.25. The smallest absolute Gasteiger partial charge is 0.129 e. The molecule has 3 aromatic rings. The third-order valence-electron chi connectivity index (χ3n) is 5.93. The molecule has 2 nitrogen and oxygen atoms in total. The van der Waals surface area contributed by atoms with Gasteiger partial charge in [-0.3, -0.25) is 0 Å². The van der Waals surface area contributed by atoms with Crippen molar-refractivity contribution in [2.24, 2.45) is 0 Å². The Balaban J connectivity index is 2.49. The first-order chi connectivity index (χ1) is 15.4. The van der Waals surface area contributed by atoms with Crippen molar-refractivity contribution in [2.45, 2.75) is 57.1 Å². The highest BCUT2D eigenvalue weighted by Gasteiger charge is 2.39. The zero-order valence-electron chi connectivity index (χ0n) is 20.3.